The molecule has 32 heavy (non-hydrogen) atoms. The topological polar surface area (TPSA) is 295 Å². The van der Waals surface area contributed by atoms with Crippen LogP contribution in [0.4, 0.5) is 5.69 Å². The van der Waals surface area contributed by atoms with Crippen molar-refractivity contribution in [2.75, 3.05) is 11.9 Å². The number of benzene rings is 1. The average molecular weight is 468 g/mol. The fraction of sp³-hybridized carbons (Fsp3) is 0.562. The highest BCUT2D eigenvalue weighted by atomic mass is 16.7. The number of nitrogens with zero attached hydrogens (tertiary/aromatic N) is 1. The molecular weight excluding hydrogens is 444 g/mol. The molecule has 0 radical (unpaired) electrons. The molecule has 0 aliphatic carbocycles. The Balaban J connectivity index is 2.75. The molecule has 16 nitrogen and oxygen atoms in total. The molecule has 0 saturated heterocycles. The van der Waals surface area contributed by atoms with Gasteiger partial charge in [-0.3, -0.25) is 4.79 Å². The molecule has 1 aromatic rings. The van der Waals surface area contributed by atoms with Crippen LogP contribution in [0.25, 0.3) is 0 Å². The first-order chi connectivity index (χ1) is 14.1. The molecule has 1 amide bonds. The lowest BCUT2D eigenvalue weighted by molar-refractivity contribution is -0.507. The summed E-state index contributed by atoms with van der Waals surface area (Å²) in [4.78, 5) is 10.9. The Morgan fingerprint density at radius 1 is 0.781 bits per heavy atom. The highest BCUT2D eigenvalue weighted by Crippen LogP contribution is 2.51. The smallest absolute Gasteiger partial charge is 0.285 e. The Labute approximate surface area is 178 Å². The zero-order chi connectivity index (χ0) is 25.2. The molecule has 0 unspecified atom stereocenters. The van der Waals surface area contributed by atoms with E-state index in [2.05, 4.69) is 5.32 Å². The zero-order valence-electron chi connectivity index (χ0n) is 16.6. The number of phenols is 3. The molecule has 14 N–H and O–H groups in total. The van der Waals surface area contributed by atoms with E-state index in [1.807, 2.05) is 0 Å². The number of anilines is 1. The fourth-order valence-corrected chi connectivity index (χ4v) is 3.10. The van der Waals surface area contributed by atoms with Gasteiger partial charge in [-0.1, -0.05) is 0 Å². The van der Waals surface area contributed by atoms with Crippen molar-refractivity contribution >= 4 is 11.6 Å². The standard InChI is InChI=1S/C16H24N2O14/c1-12(23,24)15(29,30)18(16(31,32)13(2,25)26)4-14(27,28)7-5-3-6(19)17-8(5)10(21)11(22)9(7)20/h20-32H,3-4H2,1-2H3,(H,17,19). The molecule has 182 valence electrons. The number of fused-ring (bicyclic) bond motifs is 1. The molecule has 0 bridgehead atoms. The third kappa shape index (κ3) is 3.93. The average Bonchev–Trinajstić information content (AvgIpc) is 2.96. The Kier molecular flexibility index (Phi) is 5.94. The number of aliphatic hydroxyl groups is 10. The van der Waals surface area contributed by atoms with Crippen LogP contribution in [0.3, 0.4) is 0 Å². The number of phenolic OH excluding ortho intramolecular Hbond substituents is 3. The van der Waals surface area contributed by atoms with E-state index in [0.29, 0.717) is 13.8 Å². The van der Waals surface area contributed by atoms with Crippen LogP contribution in [0.5, 0.6) is 17.2 Å². The second-order valence-corrected chi connectivity index (χ2v) is 7.71. The van der Waals surface area contributed by atoms with Crippen LogP contribution in [-0.4, -0.2) is 107 Å². The van der Waals surface area contributed by atoms with Crippen molar-refractivity contribution in [1.29, 1.82) is 0 Å². The molecule has 0 saturated carbocycles. The van der Waals surface area contributed by atoms with Crippen LogP contribution in [0.1, 0.15) is 25.0 Å². The first kappa shape index (κ1) is 25.9. The van der Waals surface area contributed by atoms with Crippen LogP contribution in [0.15, 0.2) is 0 Å². The van der Waals surface area contributed by atoms with Crippen LogP contribution >= 0.6 is 0 Å². The van der Waals surface area contributed by atoms with Crippen LogP contribution in [0.2, 0.25) is 0 Å². The number of rotatable bonds is 7. The molecule has 0 spiro atoms. The normalized spacial score (nSPS) is 15.8. The number of nitrogens with one attached hydrogen (secondary N) is 1. The van der Waals surface area contributed by atoms with Crippen molar-refractivity contribution < 1.29 is 71.2 Å². The van der Waals surface area contributed by atoms with Gasteiger partial charge in [0.2, 0.25) is 29.0 Å². The summed E-state index contributed by atoms with van der Waals surface area (Å²) in [5, 5.41) is 132. The monoisotopic (exact) mass is 468 g/mol. The minimum absolute atomic E-state index is 0.294. The molecule has 16 heteroatoms. The maximum Gasteiger partial charge on any atom is 0.285 e. The van der Waals surface area contributed by atoms with E-state index in [-0.39, 0.29) is 0 Å². The van der Waals surface area contributed by atoms with E-state index in [0.717, 1.165) is 0 Å². The maximum atomic E-state index is 11.7. The van der Waals surface area contributed by atoms with E-state index in [1.54, 1.807) is 0 Å². The number of aromatic hydroxyl groups is 3. The van der Waals surface area contributed by atoms with Gasteiger partial charge in [0.25, 0.3) is 11.8 Å². The lowest BCUT2D eigenvalue weighted by Crippen LogP contribution is -2.77. The first-order valence-electron chi connectivity index (χ1n) is 8.69. The van der Waals surface area contributed by atoms with E-state index in [4.69, 9.17) is 0 Å². The summed E-state index contributed by atoms with van der Waals surface area (Å²) in [5.41, 5.74) is -2.25. The second kappa shape index (κ2) is 7.33. The fourth-order valence-electron chi connectivity index (χ4n) is 3.10. The lowest BCUT2D eigenvalue weighted by atomic mass is 9.93. The lowest BCUT2D eigenvalue weighted by Gasteiger charge is -2.50. The maximum absolute atomic E-state index is 11.7. The van der Waals surface area contributed by atoms with Gasteiger partial charge in [0.15, 0.2) is 11.5 Å². The Morgan fingerprint density at radius 3 is 1.62 bits per heavy atom. The van der Waals surface area contributed by atoms with Gasteiger partial charge < -0.3 is 71.7 Å². The van der Waals surface area contributed by atoms with Crippen molar-refractivity contribution in [3.05, 3.63) is 11.1 Å². The van der Waals surface area contributed by atoms with Crippen molar-refractivity contribution in [1.82, 2.24) is 4.90 Å². The third-order valence-corrected chi connectivity index (χ3v) is 4.93. The minimum atomic E-state index is -4.26. The summed E-state index contributed by atoms with van der Waals surface area (Å²) in [6, 6.07) is 0. The Hall–Kier alpha value is -2.35. The van der Waals surface area contributed by atoms with E-state index < -0.39 is 87.0 Å². The highest BCUT2D eigenvalue weighted by Gasteiger charge is 2.63. The van der Waals surface area contributed by atoms with Crippen molar-refractivity contribution in [2.45, 2.75) is 49.5 Å². The molecule has 1 aromatic carbocycles. The third-order valence-electron chi connectivity index (χ3n) is 4.93. The predicted octanol–water partition coefficient (Wildman–Crippen LogP) is -5.58. The Bertz CT molecular complexity index is 902. The van der Waals surface area contributed by atoms with Gasteiger partial charge in [-0.2, -0.15) is 4.90 Å². The number of hydrogen-bond acceptors (Lipinski definition) is 15. The zero-order valence-corrected chi connectivity index (χ0v) is 16.6. The molecule has 0 fully saturated rings. The van der Waals surface area contributed by atoms with Crippen LogP contribution < -0.4 is 5.32 Å². The van der Waals surface area contributed by atoms with E-state index in [9.17, 15) is 71.2 Å². The number of amides is 1. The van der Waals surface area contributed by atoms with Gasteiger partial charge in [-0.25, -0.2) is 0 Å². The molecular formula is C16H24N2O14. The van der Waals surface area contributed by atoms with Crippen LogP contribution in [-0.2, 0) is 17.0 Å². The number of hydrogen-bond donors (Lipinski definition) is 14. The first-order valence-corrected chi connectivity index (χ1v) is 8.69. The largest absolute Gasteiger partial charge is 0.504 e. The second-order valence-electron chi connectivity index (χ2n) is 7.71. The molecule has 0 aromatic heterocycles. The number of carbonyl (C=O) groups excluding carboxylic acids is 1. The summed E-state index contributed by atoms with van der Waals surface area (Å²) >= 11 is 0. The Morgan fingerprint density at radius 2 is 1.22 bits per heavy atom. The summed E-state index contributed by atoms with van der Waals surface area (Å²) < 4.78 is 0. The van der Waals surface area contributed by atoms with Gasteiger partial charge in [-0.05, 0) is 13.8 Å². The summed E-state index contributed by atoms with van der Waals surface area (Å²) in [5.74, 6) is -24.4. The van der Waals surface area contributed by atoms with Crippen LogP contribution in [0, 0.1) is 0 Å². The van der Waals surface area contributed by atoms with Gasteiger partial charge in [0, 0.05) is 5.56 Å². The van der Waals surface area contributed by atoms with Crippen molar-refractivity contribution in [2.24, 2.45) is 0 Å². The summed E-state index contributed by atoms with van der Waals surface area (Å²) in [6.45, 7) is -1.37. The minimum Gasteiger partial charge on any atom is -0.504 e. The number of carbonyl (C=O) groups is 1. The predicted molar refractivity (Wildman–Crippen MR) is 96.6 cm³/mol. The van der Waals surface area contributed by atoms with Gasteiger partial charge in [0.1, 0.15) is 0 Å². The molecule has 1 aliphatic heterocycles. The quantitative estimate of drug-likeness (QED) is 0.101. The molecule has 0 atom stereocenters. The summed E-state index contributed by atoms with van der Waals surface area (Å²) in [7, 11) is 0. The van der Waals surface area contributed by atoms with E-state index >= 15 is 0 Å². The highest BCUT2D eigenvalue weighted by molar-refractivity contribution is 6.02. The van der Waals surface area contributed by atoms with E-state index in [1.165, 1.54) is 0 Å². The molecule has 1 aliphatic rings. The van der Waals surface area contributed by atoms with Crippen molar-refractivity contribution in [3.63, 3.8) is 0 Å². The van der Waals surface area contributed by atoms with Gasteiger partial charge in [-0.15, -0.1) is 0 Å². The van der Waals surface area contributed by atoms with Gasteiger partial charge in [0.05, 0.1) is 24.2 Å². The van der Waals surface area contributed by atoms with Gasteiger partial charge >= 0.3 is 0 Å². The van der Waals surface area contributed by atoms with Crippen molar-refractivity contribution in [3.8, 4) is 17.2 Å². The molecule has 1 heterocycles. The summed E-state index contributed by atoms with van der Waals surface area (Å²) in [6.07, 6.45) is -0.711. The SMILES string of the molecule is CC(O)(O)C(O)(O)N(CC(O)(O)c1c(O)c(O)c(O)c2c1CC(=O)N2)C(O)(O)C(C)(O)O. The molecule has 2 rings (SSSR count).